The number of para-hydroxylation sites is 7. The van der Waals surface area contributed by atoms with Gasteiger partial charge in [0.25, 0.3) is 0 Å². The molecule has 0 fully saturated rings. The largest absolute Gasteiger partial charge is 0.309 e. The Morgan fingerprint density at radius 2 is 0.948 bits per heavy atom. The number of fused-ring (bicyclic) bond motifs is 11. The monoisotopic (exact) mass is 757 g/mol. The Labute approximate surface area is 337 Å². The summed E-state index contributed by atoms with van der Waals surface area (Å²) in [6.07, 6.45) is 0. The summed E-state index contributed by atoms with van der Waals surface area (Å²) in [5.41, 5.74) is 14.8. The number of hydrogen-bond donors (Lipinski definition) is 0. The molecule has 4 aromatic heterocycles. The smallest absolute Gasteiger partial charge is 0.131 e. The van der Waals surface area contributed by atoms with Gasteiger partial charge in [-0.05, 0) is 72.8 Å². The van der Waals surface area contributed by atoms with E-state index in [1.165, 1.54) is 70.1 Å². The van der Waals surface area contributed by atoms with Crippen LogP contribution in [0, 0.1) is 0 Å². The van der Waals surface area contributed by atoms with Gasteiger partial charge in [0.1, 0.15) is 5.65 Å². The highest BCUT2D eigenvalue weighted by Gasteiger charge is 2.27. The summed E-state index contributed by atoms with van der Waals surface area (Å²) in [6, 6.07) is 67.4. The van der Waals surface area contributed by atoms with Crippen molar-refractivity contribution in [2.24, 2.45) is 0 Å². The average Bonchev–Trinajstić information content (AvgIpc) is 3.93. The Morgan fingerprint density at radius 3 is 1.69 bits per heavy atom. The third kappa shape index (κ3) is 4.43. The first-order valence-electron chi connectivity index (χ1n) is 19.6. The minimum absolute atomic E-state index is 0.853. The molecule has 58 heavy (non-hydrogen) atoms. The lowest BCUT2D eigenvalue weighted by atomic mass is 10.0. The summed E-state index contributed by atoms with van der Waals surface area (Å²) in [5, 5.41) is 6.28. The Bertz CT molecular complexity index is 3610. The molecule has 0 aliphatic carbocycles. The van der Waals surface area contributed by atoms with E-state index in [0.29, 0.717) is 0 Å². The second-order valence-electron chi connectivity index (χ2n) is 15.0. The maximum atomic E-state index is 5.32. The molecule has 12 aromatic rings. The quantitative estimate of drug-likeness (QED) is 0.179. The number of hydrogen-bond acceptors (Lipinski definition) is 3. The summed E-state index contributed by atoms with van der Waals surface area (Å²) in [6.45, 7) is 0. The highest BCUT2D eigenvalue weighted by atomic mass is 32.2. The Hall–Kier alpha value is -7.41. The minimum Gasteiger partial charge on any atom is -0.309 e. The topological polar surface area (TPSA) is 40.6 Å². The lowest BCUT2D eigenvalue weighted by Gasteiger charge is -2.21. The fourth-order valence-electron chi connectivity index (χ4n) is 9.35. The molecule has 13 rings (SSSR count). The highest BCUT2D eigenvalue weighted by molar-refractivity contribution is 7.99. The first kappa shape index (κ1) is 31.8. The van der Waals surface area contributed by atoms with Gasteiger partial charge in [-0.1, -0.05) is 127 Å². The van der Waals surface area contributed by atoms with Crippen molar-refractivity contribution in [2.45, 2.75) is 9.79 Å². The third-order valence-electron chi connectivity index (χ3n) is 11.8. The summed E-state index contributed by atoms with van der Waals surface area (Å²) >= 11 is 1.86. The fraction of sp³-hybridized carbons (Fsp3) is 0. The second kappa shape index (κ2) is 12.0. The zero-order valence-corrected chi connectivity index (χ0v) is 31.9. The van der Waals surface area contributed by atoms with Gasteiger partial charge < -0.3 is 4.57 Å². The first-order valence-corrected chi connectivity index (χ1v) is 20.4. The lowest BCUT2D eigenvalue weighted by molar-refractivity contribution is 1.03. The summed E-state index contributed by atoms with van der Waals surface area (Å²) in [4.78, 5) is 13.2. The molecule has 1 aliphatic rings. The molecule has 0 bridgehead atoms. The normalized spacial score (nSPS) is 12.4. The van der Waals surface area contributed by atoms with Crippen molar-refractivity contribution in [1.82, 2.24) is 23.7 Å². The van der Waals surface area contributed by atoms with Crippen molar-refractivity contribution in [3.05, 3.63) is 188 Å². The van der Waals surface area contributed by atoms with Crippen molar-refractivity contribution in [2.75, 3.05) is 0 Å². The van der Waals surface area contributed by atoms with Gasteiger partial charge in [-0.15, -0.1) is 0 Å². The molecule has 0 amide bonds. The van der Waals surface area contributed by atoms with E-state index in [9.17, 15) is 0 Å². The van der Waals surface area contributed by atoms with Gasteiger partial charge in [-0.2, -0.15) is 0 Å². The van der Waals surface area contributed by atoms with Gasteiger partial charge in [0.2, 0.25) is 0 Å². The van der Waals surface area contributed by atoms with Crippen LogP contribution in [0.4, 0.5) is 0 Å². The molecule has 0 spiro atoms. The Balaban J connectivity index is 1.01. The van der Waals surface area contributed by atoms with Gasteiger partial charge in [0.15, 0.2) is 0 Å². The van der Waals surface area contributed by atoms with Gasteiger partial charge in [0.05, 0.1) is 50.2 Å². The minimum atomic E-state index is 0.853. The van der Waals surface area contributed by atoms with Crippen LogP contribution in [-0.4, -0.2) is 23.7 Å². The molecular formula is C52H31N5S. The SMILES string of the molecule is c1cc(-c2nc3ccccc3nc2-c2ccc(-n3c4ccccc4c4c5cccc6c5n(c43)-c3ccccc3S6)cc2)cc(-n2c3ccccc3c3ccccc32)c1. The molecule has 0 unspecified atom stereocenters. The number of benzene rings is 8. The summed E-state index contributed by atoms with van der Waals surface area (Å²) in [7, 11) is 0. The molecule has 1 aliphatic heterocycles. The van der Waals surface area contributed by atoms with Crippen molar-refractivity contribution in [3.63, 3.8) is 0 Å². The van der Waals surface area contributed by atoms with Crippen LogP contribution in [0.2, 0.25) is 0 Å². The van der Waals surface area contributed by atoms with Crippen LogP contribution in [0.15, 0.2) is 198 Å². The second-order valence-corrected chi connectivity index (χ2v) is 16.1. The molecule has 6 heteroatoms. The van der Waals surface area contributed by atoms with Crippen molar-refractivity contribution >= 4 is 77.4 Å². The first-order chi connectivity index (χ1) is 28.8. The van der Waals surface area contributed by atoms with Gasteiger partial charge in [0, 0.05) is 59.2 Å². The maximum absolute atomic E-state index is 5.32. The molecule has 8 aromatic carbocycles. The fourth-order valence-corrected chi connectivity index (χ4v) is 10.4. The molecule has 270 valence electrons. The van der Waals surface area contributed by atoms with Gasteiger partial charge >= 0.3 is 0 Å². The number of aromatic nitrogens is 5. The molecule has 0 saturated heterocycles. The number of nitrogens with zero attached hydrogens (tertiary/aromatic N) is 5. The highest BCUT2D eigenvalue weighted by Crippen LogP contribution is 2.49. The molecule has 0 radical (unpaired) electrons. The van der Waals surface area contributed by atoms with E-state index >= 15 is 0 Å². The van der Waals surface area contributed by atoms with Crippen molar-refractivity contribution in [3.8, 4) is 39.6 Å². The molecule has 0 atom stereocenters. The zero-order valence-electron chi connectivity index (χ0n) is 31.0. The van der Waals surface area contributed by atoms with Crippen LogP contribution in [-0.2, 0) is 0 Å². The van der Waals surface area contributed by atoms with Crippen LogP contribution in [0.1, 0.15) is 0 Å². The predicted molar refractivity (Wildman–Crippen MR) is 240 cm³/mol. The Kier molecular flexibility index (Phi) is 6.60. The van der Waals surface area contributed by atoms with Crippen LogP contribution < -0.4 is 0 Å². The average molecular weight is 758 g/mol. The zero-order chi connectivity index (χ0) is 37.9. The van der Waals surface area contributed by atoms with Crippen LogP contribution >= 0.6 is 11.8 Å². The molecule has 5 nitrogen and oxygen atoms in total. The Morgan fingerprint density at radius 1 is 0.379 bits per heavy atom. The lowest BCUT2D eigenvalue weighted by Crippen LogP contribution is -2.05. The van der Waals surface area contributed by atoms with Crippen molar-refractivity contribution < 1.29 is 0 Å². The van der Waals surface area contributed by atoms with Gasteiger partial charge in [-0.25, -0.2) is 9.97 Å². The van der Waals surface area contributed by atoms with E-state index in [1.807, 2.05) is 30.0 Å². The van der Waals surface area contributed by atoms with E-state index in [0.717, 1.165) is 44.9 Å². The summed E-state index contributed by atoms with van der Waals surface area (Å²) in [5.74, 6) is 0. The summed E-state index contributed by atoms with van der Waals surface area (Å²) < 4.78 is 7.28. The van der Waals surface area contributed by atoms with E-state index in [-0.39, 0.29) is 0 Å². The molecule has 0 N–H and O–H groups in total. The molecule has 5 heterocycles. The number of rotatable bonds is 4. The third-order valence-corrected chi connectivity index (χ3v) is 12.9. The van der Waals surface area contributed by atoms with E-state index in [1.54, 1.807) is 0 Å². The van der Waals surface area contributed by atoms with E-state index in [4.69, 9.17) is 9.97 Å². The van der Waals surface area contributed by atoms with E-state index < -0.39 is 0 Å². The van der Waals surface area contributed by atoms with Crippen LogP contribution in [0.3, 0.4) is 0 Å². The predicted octanol–water partition coefficient (Wildman–Crippen LogP) is 13.6. The van der Waals surface area contributed by atoms with Gasteiger partial charge in [-0.3, -0.25) is 9.13 Å². The maximum Gasteiger partial charge on any atom is 0.131 e. The van der Waals surface area contributed by atoms with Crippen LogP contribution in [0.5, 0.6) is 0 Å². The van der Waals surface area contributed by atoms with E-state index in [2.05, 4.69) is 184 Å². The van der Waals surface area contributed by atoms with Crippen molar-refractivity contribution in [1.29, 1.82) is 0 Å². The standard InChI is InChI=1S/C52H31N5S/c1-6-21-42-36(15-1)37-16-2-7-22-43(37)55(42)35-14-11-13-33(31-35)50-49(53-40-19-4-5-20-41(40)54-50)32-27-29-34(30-28-32)56-44-23-8-3-17-38(44)48-39-18-12-26-47-51(39)57(52(48)56)45-24-9-10-25-46(45)58-47/h1-31H. The molecule has 0 saturated carbocycles. The van der Waals surface area contributed by atoms with Crippen LogP contribution in [0.25, 0.3) is 105 Å². The molecular weight excluding hydrogens is 727 g/mol.